The van der Waals surface area contributed by atoms with Crippen molar-refractivity contribution in [1.82, 2.24) is 5.32 Å². The van der Waals surface area contributed by atoms with Crippen molar-refractivity contribution < 1.29 is 9.53 Å². The molecule has 0 bridgehead atoms. The Labute approximate surface area is 108 Å². The summed E-state index contributed by atoms with van der Waals surface area (Å²) in [5, 5.41) is 3.10. The monoisotopic (exact) mass is 245 g/mol. The maximum absolute atomic E-state index is 11.7. The zero-order valence-electron chi connectivity index (χ0n) is 10.7. The molecule has 0 aliphatic heterocycles. The van der Waals surface area contributed by atoms with Gasteiger partial charge >= 0.3 is 0 Å². The van der Waals surface area contributed by atoms with Crippen LogP contribution in [0.3, 0.4) is 0 Å². The molecular weight excluding hydrogens is 226 g/mol. The van der Waals surface area contributed by atoms with Gasteiger partial charge in [0.15, 0.2) is 0 Å². The molecule has 0 aromatic heterocycles. The van der Waals surface area contributed by atoms with Gasteiger partial charge < -0.3 is 10.1 Å². The smallest absolute Gasteiger partial charge is 0.223 e. The SMILES string of the molecule is COc1ccc(C2(CNC(=O)C3CC3)CC2)cc1. The molecule has 3 rings (SSSR count). The molecule has 0 saturated heterocycles. The van der Waals surface area contributed by atoms with Gasteiger partial charge in [0.1, 0.15) is 5.75 Å². The number of carbonyl (C=O) groups is 1. The maximum atomic E-state index is 11.7. The van der Waals surface area contributed by atoms with Crippen molar-refractivity contribution in [2.75, 3.05) is 13.7 Å². The number of hydrogen-bond acceptors (Lipinski definition) is 2. The van der Waals surface area contributed by atoms with E-state index in [-0.39, 0.29) is 11.3 Å². The number of ether oxygens (including phenoxy) is 1. The van der Waals surface area contributed by atoms with Gasteiger partial charge in [0.2, 0.25) is 5.91 Å². The molecule has 2 aliphatic rings. The van der Waals surface area contributed by atoms with Gasteiger partial charge in [0.25, 0.3) is 0 Å². The summed E-state index contributed by atoms with van der Waals surface area (Å²) in [4.78, 5) is 11.7. The van der Waals surface area contributed by atoms with Crippen LogP contribution in [0.15, 0.2) is 24.3 Å². The lowest BCUT2D eigenvalue weighted by molar-refractivity contribution is -0.122. The topological polar surface area (TPSA) is 38.3 Å². The zero-order chi connectivity index (χ0) is 12.6. The van der Waals surface area contributed by atoms with E-state index in [0.29, 0.717) is 5.92 Å². The number of nitrogens with one attached hydrogen (secondary N) is 1. The Balaban J connectivity index is 1.63. The Kier molecular flexibility index (Phi) is 2.77. The number of benzene rings is 1. The second-order valence-corrected chi connectivity index (χ2v) is 5.50. The highest BCUT2D eigenvalue weighted by Gasteiger charge is 2.45. The Morgan fingerprint density at radius 2 is 2.00 bits per heavy atom. The van der Waals surface area contributed by atoms with Crippen molar-refractivity contribution >= 4 is 5.91 Å². The highest BCUT2D eigenvalue weighted by molar-refractivity contribution is 5.81. The zero-order valence-corrected chi connectivity index (χ0v) is 10.7. The van der Waals surface area contributed by atoms with Crippen molar-refractivity contribution in [1.29, 1.82) is 0 Å². The normalized spacial score (nSPS) is 20.3. The first kappa shape index (κ1) is 11.6. The number of rotatable bonds is 5. The molecule has 3 nitrogen and oxygen atoms in total. The third-order valence-corrected chi connectivity index (χ3v) is 4.11. The van der Waals surface area contributed by atoms with Gasteiger partial charge in [-0.1, -0.05) is 12.1 Å². The van der Waals surface area contributed by atoms with Crippen LogP contribution < -0.4 is 10.1 Å². The van der Waals surface area contributed by atoms with Crippen molar-refractivity contribution in [3.05, 3.63) is 29.8 Å². The summed E-state index contributed by atoms with van der Waals surface area (Å²) in [6, 6.07) is 8.24. The van der Waals surface area contributed by atoms with Gasteiger partial charge in [-0.05, 0) is 43.4 Å². The predicted octanol–water partition coefficient (Wildman–Crippen LogP) is 2.25. The molecule has 18 heavy (non-hydrogen) atoms. The Morgan fingerprint density at radius 3 is 2.50 bits per heavy atom. The fraction of sp³-hybridized carbons (Fsp3) is 0.533. The molecule has 0 radical (unpaired) electrons. The van der Waals surface area contributed by atoms with Crippen molar-refractivity contribution in [3.8, 4) is 5.75 Å². The Hall–Kier alpha value is -1.51. The number of hydrogen-bond donors (Lipinski definition) is 1. The molecule has 1 aromatic carbocycles. The first-order valence-electron chi connectivity index (χ1n) is 6.66. The highest BCUT2D eigenvalue weighted by atomic mass is 16.5. The van der Waals surface area contributed by atoms with E-state index in [4.69, 9.17) is 4.74 Å². The van der Waals surface area contributed by atoms with Crippen LogP contribution in [-0.2, 0) is 10.2 Å². The fourth-order valence-electron chi connectivity index (χ4n) is 2.41. The second kappa shape index (κ2) is 4.30. The summed E-state index contributed by atoms with van der Waals surface area (Å²) >= 11 is 0. The summed E-state index contributed by atoms with van der Waals surface area (Å²) in [6.45, 7) is 0.786. The van der Waals surface area contributed by atoms with Crippen molar-refractivity contribution in [2.45, 2.75) is 31.1 Å². The van der Waals surface area contributed by atoms with Crippen LogP contribution in [0.4, 0.5) is 0 Å². The molecule has 96 valence electrons. The van der Waals surface area contributed by atoms with E-state index in [9.17, 15) is 4.79 Å². The van der Waals surface area contributed by atoms with E-state index in [1.807, 2.05) is 12.1 Å². The summed E-state index contributed by atoms with van der Waals surface area (Å²) in [7, 11) is 1.68. The van der Waals surface area contributed by atoms with Crippen LogP contribution in [-0.4, -0.2) is 19.6 Å². The summed E-state index contributed by atoms with van der Waals surface area (Å²) < 4.78 is 5.17. The third-order valence-electron chi connectivity index (χ3n) is 4.11. The number of carbonyl (C=O) groups excluding carboxylic acids is 1. The number of methoxy groups -OCH3 is 1. The van der Waals surface area contributed by atoms with Crippen LogP contribution in [0.25, 0.3) is 0 Å². The molecule has 1 amide bonds. The average Bonchev–Trinajstić information content (AvgIpc) is 3.30. The summed E-state index contributed by atoms with van der Waals surface area (Å²) in [5.41, 5.74) is 1.51. The molecule has 2 aliphatic carbocycles. The molecule has 1 aromatic rings. The molecule has 0 unspecified atom stereocenters. The molecule has 0 spiro atoms. The summed E-state index contributed by atoms with van der Waals surface area (Å²) in [5.74, 6) is 1.43. The van der Waals surface area contributed by atoms with Crippen molar-refractivity contribution in [3.63, 3.8) is 0 Å². The summed E-state index contributed by atoms with van der Waals surface area (Å²) in [6.07, 6.45) is 4.48. The standard InChI is InChI=1S/C15H19NO2/c1-18-13-6-4-12(5-7-13)15(8-9-15)10-16-14(17)11-2-3-11/h4-7,11H,2-3,8-10H2,1H3,(H,16,17). The van der Waals surface area contributed by atoms with Crippen LogP contribution in [0, 0.1) is 5.92 Å². The van der Waals surface area contributed by atoms with E-state index in [0.717, 1.165) is 25.1 Å². The molecule has 0 heterocycles. The van der Waals surface area contributed by atoms with Crippen LogP contribution in [0.1, 0.15) is 31.2 Å². The van der Waals surface area contributed by atoms with Gasteiger partial charge in [-0.3, -0.25) is 4.79 Å². The fourth-order valence-corrected chi connectivity index (χ4v) is 2.41. The number of amides is 1. The minimum absolute atomic E-state index is 0.191. The lowest BCUT2D eigenvalue weighted by Crippen LogP contribution is -2.33. The van der Waals surface area contributed by atoms with E-state index in [2.05, 4.69) is 17.4 Å². The quantitative estimate of drug-likeness (QED) is 0.864. The molecule has 1 N–H and O–H groups in total. The van der Waals surface area contributed by atoms with Gasteiger partial charge in [-0.15, -0.1) is 0 Å². The largest absolute Gasteiger partial charge is 0.497 e. The lowest BCUT2D eigenvalue weighted by atomic mass is 9.96. The average molecular weight is 245 g/mol. The molecular formula is C15H19NO2. The second-order valence-electron chi connectivity index (χ2n) is 5.50. The van der Waals surface area contributed by atoms with Gasteiger partial charge in [0, 0.05) is 17.9 Å². The molecule has 0 atom stereocenters. The van der Waals surface area contributed by atoms with Crippen LogP contribution in [0.5, 0.6) is 5.75 Å². The minimum Gasteiger partial charge on any atom is -0.497 e. The van der Waals surface area contributed by atoms with Crippen LogP contribution >= 0.6 is 0 Å². The van der Waals surface area contributed by atoms with Crippen LogP contribution in [0.2, 0.25) is 0 Å². The van der Waals surface area contributed by atoms with Gasteiger partial charge in [-0.2, -0.15) is 0 Å². The first-order chi connectivity index (χ1) is 8.73. The van der Waals surface area contributed by atoms with E-state index in [1.54, 1.807) is 7.11 Å². The van der Waals surface area contributed by atoms with E-state index < -0.39 is 0 Å². The molecule has 2 saturated carbocycles. The Morgan fingerprint density at radius 1 is 1.33 bits per heavy atom. The maximum Gasteiger partial charge on any atom is 0.223 e. The van der Waals surface area contributed by atoms with E-state index >= 15 is 0 Å². The minimum atomic E-state index is 0.191. The Bertz CT molecular complexity index is 444. The van der Waals surface area contributed by atoms with Gasteiger partial charge in [0.05, 0.1) is 7.11 Å². The lowest BCUT2D eigenvalue weighted by Gasteiger charge is -2.17. The molecule has 3 heteroatoms. The van der Waals surface area contributed by atoms with Gasteiger partial charge in [-0.25, -0.2) is 0 Å². The van der Waals surface area contributed by atoms with Crippen molar-refractivity contribution in [2.24, 2.45) is 5.92 Å². The predicted molar refractivity (Wildman–Crippen MR) is 69.6 cm³/mol. The third kappa shape index (κ3) is 2.22. The first-order valence-corrected chi connectivity index (χ1v) is 6.66. The van der Waals surface area contributed by atoms with E-state index in [1.165, 1.54) is 18.4 Å². The highest BCUT2D eigenvalue weighted by Crippen LogP contribution is 2.48. The molecule has 2 fully saturated rings.